The molecule has 0 radical (unpaired) electrons. The second kappa shape index (κ2) is 6.69. The summed E-state index contributed by atoms with van der Waals surface area (Å²) in [7, 11) is 1.58. The lowest BCUT2D eigenvalue weighted by Crippen LogP contribution is -2.71. The first-order valence-electron chi connectivity index (χ1n) is 8.59. The molecule has 0 aliphatic carbocycles. The van der Waals surface area contributed by atoms with Crippen molar-refractivity contribution in [3.05, 3.63) is 60.2 Å². The van der Waals surface area contributed by atoms with Crippen molar-refractivity contribution in [2.24, 2.45) is 0 Å². The van der Waals surface area contributed by atoms with Gasteiger partial charge in [-0.1, -0.05) is 36.3 Å². The molecule has 2 amide bonds. The molecule has 0 bridgehead atoms. The number of β-lactam (4-membered cyclic amide) rings is 1. The van der Waals surface area contributed by atoms with Crippen LogP contribution in [0.4, 0.5) is 10.5 Å². The zero-order valence-corrected chi connectivity index (χ0v) is 14.7. The topological polar surface area (TPSA) is 59.1 Å². The van der Waals surface area contributed by atoms with Crippen LogP contribution < -0.4 is 9.64 Å². The third kappa shape index (κ3) is 2.68. The molecule has 136 valence electrons. The predicted octanol–water partition coefficient (Wildman–Crippen LogP) is 2.61. The van der Waals surface area contributed by atoms with E-state index in [-0.39, 0.29) is 18.6 Å². The number of hydrogen-bond donors (Lipinski definition) is 0. The number of terminal acetylenes is 1. The molecule has 2 fully saturated rings. The van der Waals surface area contributed by atoms with Gasteiger partial charge in [-0.15, -0.1) is 6.42 Å². The van der Waals surface area contributed by atoms with Crippen LogP contribution in [-0.4, -0.2) is 42.7 Å². The van der Waals surface area contributed by atoms with Crippen molar-refractivity contribution >= 4 is 17.7 Å². The molecule has 3 atom stereocenters. The smallest absolute Gasteiger partial charge is 0.411 e. The number of cyclic esters (lactones) is 1. The molecular formula is C21H18N2O4. The molecule has 2 saturated heterocycles. The summed E-state index contributed by atoms with van der Waals surface area (Å²) in [6.45, 7) is 0.201. The molecule has 4 rings (SSSR count). The molecule has 0 spiro atoms. The lowest BCUT2D eigenvalue weighted by atomic mass is 9.91. The number of amides is 2. The van der Waals surface area contributed by atoms with Gasteiger partial charge in [0, 0.05) is 5.69 Å². The Hall–Kier alpha value is -3.46. The summed E-state index contributed by atoms with van der Waals surface area (Å²) in [5.74, 6) is 3.12. The van der Waals surface area contributed by atoms with E-state index in [1.165, 1.54) is 9.80 Å². The third-order valence-corrected chi connectivity index (χ3v) is 4.98. The van der Waals surface area contributed by atoms with Crippen molar-refractivity contribution < 1.29 is 19.1 Å². The Morgan fingerprint density at radius 3 is 2.44 bits per heavy atom. The van der Waals surface area contributed by atoms with E-state index in [1.807, 2.05) is 30.3 Å². The third-order valence-electron chi connectivity index (χ3n) is 4.98. The number of nitrogens with zero attached hydrogens (tertiary/aromatic N) is 2. The second-order valence-corrected chi connectivity index (χ2v) is 6.37. The SMILES string of the molecule is C#C[C@@H]1[C@@H](N2C(=O)OC[C@@H]2c2ccccc2)C(=O)N1c1ccc(OC)cc1. The van der Waals surface area contributed by atoms with E-state index in [0.29, 0.717) is 11.4 Å². The molecular weight excluding hydrogens is 344 g/mol. The van der Waals surface area contributed by atoms with Gasteiger partial charge in [0.25, 0.3) is 5.91 Å². The highest BCUT2D eigenvalue weighted by Gasteiger charge is 2.56. The molecule has 0 N–H and O–H groups in total. The minimum Gasteiger partial charge on any atom is -0.497 e. The zero-order valence-electron chi connectivity index (χ0n) is 14.7. The maximum absolute atomic E-state index is 12.9. The van der Waals surface area contributed by atoms with Crippen LogP contribution in [0.15, 0.2) is 54.6 Å². The van der Waals surface area contributed by atoms with Gasteiger partial charge in [0.1, 0.15) is 24.4 Å². The van der Waals surface area contributed by atoms with Crippen molar-refractivity contribution in [2.45, 2.75) is 18.1 Å². The van der Waals surface area contributed by atoms with Crippen molar-refractivity contribution in [1.29, 1.82) is 0 Å². The van der Waals surface area contributed by atoms with Crippen LogP contribution >= 0.6 is 0 Å². The number of carbonyl (C=O) groups is 2. The molecule has 2 aliphatic heterocycles. The molecule has 2 heterocycles. The number of anilines is 1. The van der Waals surface area contributed by atoms with Crippen LogP contribution in [-0.2, 0) is 9.53 Å². The van der Waals surface area contributed by atoms with Crippen LogP contribution in [0.25, 0.3) is 0 Å². The number of rotatable bonds is 4. The summed E-state index contributed by atoms with van der Waals surface area (Å²) in [5.41, 5.74) is 1.58. The van der Waals surface area contributed by atoms with Gasteiger partial charge >= 0.3 is 6.09 Å². The normalized spacial score (nSPS) is 24.2. The Kier molecular flexibility index (Phi) is 4.21. The van der Waals surface area contributed by atoms with Gasteiger partial charge in [-0.3, -0.25) is 14.6 Å². The lowest BCUT2D eigenvalue weighted by Gasteiger charge is -2.48. The number of benzene rings is 2. The Balaban J connectivity index is 1.62. The molecule has 0 aromatic heterocycles. The lowest BCUT2D eigenvalue weighted by molar-refractivity contribution is -0.130. The fourth-order valence-electron chi connectivity index (χ4n) is 3.61. The van der Waals surface area contributed by atoms with Crippen LogP contribution in [0.1, 0.15) is 11.6 Å². The highest BCUT2D eigenvalue weighted by atomic mass is 16.6. The van der Waals surface area contributed by atoms with Gasteiger partial charge in [0.2, 0.25) is 0 Å². The van der Waals surface area contributed by atoms with Gasteiger partial charge in [0.05, 0.1) is 13.2 Å². The van der Waals surface area contributed by atoms with Gasteiger partial charge in [-0.25, -0.2) is 4.79 Å². The van der Waals surface area contributed by atoms with E-state index < -0.39 is 18.2 Å². The standard InChI is InChI=1S/C21H18N2O4/c1-3-17-19(20(24)22(17)15-9-11-16(26-2)12-10-15)23-18(13-27-21(23)25)14-7-5-4-6-8-14/h1,4-12,17-19H,13H2,2H3/t17-,18-,19-/m1/s1. The highest BCUT2D eigenvalue weighted by molar-refractivity contribution is 6.08. The molecule has 27 heavy (non-hydrogen) atoms. The van der Waals surface area contributed by atoms with Crippen molar-refractivity contribution in [2.75, 3.05) is 18.6 Å². The Morgan fingerprint density at radius 2 is 1.81 bits per heavy atom. The molecule has 2 aromatic carbocycles. The summed E-state index contributed by atoms with van der Waals surface area (Å²) >= 11 is 0. The average molecular weight is 362 g/mol. The fourth-order valence-corrected chi connectivity index (χ4v) is 3.61. The summed E-state index contributed by atoms with van der Waals surface area (Å²) in [6.07, 6.45) is 5.20. The second-order valence-electron chi connectivity index (χ2n) is 6.37. The Bertz CT molecular complexity index is 904. The van der Waals surface area contributed by atoms with Crippen molar-refractivity contribution in [3.63, 3.8) is 0 Å². The molecule has 0 unspecified atom stereocenters. The average Bonchev–Trinajstić information content (AvgIpc) is 3.08. The van der Waals surface area contributed by atoms with E-state index >= 15 is 0 Å². The van der Waals surface area contributed by atoms with Crippen LogP contribution in [0, 0.1) is 12.3 Å². The number of carbonyl (C=O) groups excluding carboxylic acids is 2. The van der Waals surface area contributed by atoms with Crippen molar-refractivity contribution in [3.8, 4) is 18.1 Å². The minimum absolute atomic E-state index is 0.201. The van der Waals surface area contributed by atoms with E-state index in [1.54, 1.807) is 31.4 Å². The van der Waals surface area contributed by atoms with Gasteiger partial charge in [-0.05, 0) is 29.8 Å². The van der Waals surface area contributed by atoms with E-state index in [9.17, 15) is 9.59 Å². The largest absolute Gasteiger partial charge is 0.497 e. The maximum atomic E-state index is 12.9. The van der Waals surface area contributed by atoms with E-state index in [0.717, 1.165) is 5.56 Å². The Labute approximate surface area is 157 Å². The molecule has 2 aliphatic rings. The summed E-state index contributed by atoms with van der Waals surface area (Å²) < 4.78 is 10.4. The molecule has 6 heteroatoms. The van der Waals surface area contributed by atoms with Crippen molar-refractivity contribution in [1.82, 2.24) is 4.90 Å². The van der Waals surface area contributed by atoms with Crippen LogP contribution in [0.3, 0.4) is 0 Å². The maximum Gasteiger partial charge on any atom is 0.411 e. The highest BCUT2D eigenvalue weighted by Crippen LogP contribution is 2.38. The Morgan fingerprint density at radius 1 is 1.11 bits per heavy atom. The molecule has 0 saturated carbocycles. The summed E-state index contributed by atoms with van der Waals surface area (Å²) in [5, 5.41) is 0. The molecule has 6 nitrogen and oxygen atoms in total. The quantitative estimate of drug-likeness (QED) is 0.620. The molecule has 2 aromatic rings. The number of ether oxygens (including phenoxy) is 2. The first-order chi connectivity index (χ1) is 13.2. The summed E-state index contributed by atoms with van der Waals surface area (Å²) in [4.78, 5) is 28.3. The van der Waals surface area contributed by atoms with Gasteiger partial charge < -0.3 is 9.47 Å². The van der Waals surface area contributed by atoms with Crippen LogP contribution in [0.5, 0.6) is 5.75 Å². The number of methoxy groups -OCH3 is 1. The van der Waals surface area contributed by atoms with Gasteiger partial charge in [-0.2, -0.15) is 0 Å². The van der Waals surface area contributed by atoms with E-state index in [2.05, 4.69) is 5.92 Å². The fraction of sp³-hybridized carbons (Fsp3) is 0.238. The summed E-state index contributed by atoms with van der Waals surface area (Å²) in [6, 6.07) is 15.0. The minimum atomic E-state index is -0.739. The van der Waals surface area contributed by atoms with Gasteiger partial charge in [0.15, 0.2) is 0 Å². The number of hydrogen-bond acceptors (Lipinski definition) is 4. The van der Waals surface area contributed by atoms with E-state index in [4.69, 9.17) is 15.9 Å². The first-order valence-corrected chi connectivity index (χ1v) is 8.59. The van der Waals surface area contributed by atoms with Crippen LogP contribution in [0.2, 0.25) is 0 Å². The zero-order chi connectivity index (χ0) is 19.0. The first kappa shape index (κ1) is 17.0. The predicted molar refractivity (Wildman–Crippen MR) is 99.3 cm³/mol. The monoisotopic (exact) mass is 362 g/mol.